The van der Waals surface area contributed by atoms with Crippen LogP contribution in [0, 0.1) is 5.92 Å². The quantitative estimate of drug-likeness (QED) is 0.942. The zero-order valence-electron chi connectivity index (χ0n) is 12.0. The molecule has 21 heavy (non-hydrogen) atoms. The predicted molar refractivity (Wildman–Crippen MR) is 82.3 cm³/mol. The van der Waals surface area contributed by atoms with Gasteiger partial charge < -0.3 is 5.73 Å². The summed E-state index contributed by atoms with van der Waals surface area (Å²) in [5.41, 5.74) is 7.73. The van der Waals surface area contributed by atoms with Crippen LogP contribution in [0.25, 0.3) is 10.9 Å². The van der Waals surface area contributed by atoms with E-state index in [1.54, 1.807) is 4.57 Å². The van der Waals surface area contributed by atoms with Crippen LogP contribution in [-0.4, -0.2) is 22.8 Å². The number of ketones is 1. The molecule has 0 unspecified atom stereocenters. The molecular weight excluding hydrogens is 264 g/mol. The van der Waals surface area contributed by atoms with Crippen LogP contribution in [0.3, 0.4) is 0 Å². The summed E-state index contributed by atoms with van der Waals surface area (Å²) >= 11 is 0. The maximum Gasteiger partial charge on any atom is 0.234 e. The molecule has 4 nitrogen and oxygen atoms in total. The number of para-hydroxylation sites is 1. The molecule has 1 aromatic carbocycles. The van der Waals surface area contributed by atoms with E-state index < -0.39 is 0 Å². The van der Waals surface area contributed by atoms with Gasteiger partial charge in [0.1, 0.15) is 5.78 Å². The van der Waals surface area contributed by atoms with Crippen molar-refractivity contribution in [3.8, 4) is 0 Å². The highest BCUT2D eigenvalue weighted by Gasteiger charge is 2.27. The fraction of sp³-hybridized carbons (Fsp3) is 0.412. The first-order chi connectivity index (χ1) is 10.2. The molecule has 0 amide bonds. The molecule has 0 spiro atoms. The SMILES string of the molecule is NCCc1cn(C(=O)C2CCC(=O)CC2)c2ccccc12. The zero-order chi connectivity index (χ0) is 14.8. The number of carbonyl (C=O) groups is 2. The van der Waals surface area contributed by atoms with Crippen molar-refractivity contribution < 1.29 is 9.59 Å². The van der Waals surface area contributed by atoms with E-state index in [0.717, 1.165) is 22.9 Å². The minimum atomic E-state index is -0.0377. The summed E-state index contributed by atoms with van der Waals surface area (Å²) in [6.45, 7) is 0.570. The van der Waals surface area contributed by atoms with Crippen LogP contribution in [-0.2, 0) is 11.2 Å². The Morgan fingerprint density at radius 3 is 2.67 bits per heavy atom. The maximum atomic E-state index is 12.8. The summed E-state index contributed by atoms with van der Waals surface area (Å²) in [5, 5.41) is 1.10. The van der Waals surface area contributed by atoms with Crippen LogP contribution >= 0.6 is 0 Å². The summed E-state index contributed by atoms with van der Waals surface area (Å²) in [4.78, 5) is 24.1. The van der Waals surface area contributed by atoms with Crippen LogP contribution in [0.4, 0.5) is 0 Å². The zero-order valence-corrected chi connectivity index (χ0v) is 12.0. The van der Waals surface area contributed by atoms with Crippen molar-refractivity contribution in [3.63, 3.8) is 0 Å². The Labute approximate surface area is 123 Å². The van der Waals surface area contributed by atoms with Crippen molar-refractivity contribution in [2.75, 3.05) is 6.54 Å². The smallest absolute Gasteiger partial charge is 0.234 e. The van der Waals surface area contributed by atoms with Gasteiger partial charge in [-0.1, -0.05) is 18.2 Å². The summed E-state index contributed by atoms with van der Waals surface area (Å²) in [7, 11) is 0. The fourth-order valence-electron chi connectivity index (χ4n) is 3.17. The van der Waals surface area contributed by atoms with Crippen LogP contribution in [0.2, 0.25) is 0 Å². The summed E-state index contributed by atoms with van der Waals surface area (Å²) < 4.78 is 1.76. The Balaban J connectivity index is 1.96. The van der Waals surface area contributed by atoms with Gasteiger partial charge in [-0.25, -0.2) is 0 Å². The lowest BCUT2D eigenvalue weighted by molar-refractivity contribution is -0.120. The fourth-order valence-corrected chi connectivity index (χ4v) is 3.17. The molecule has 1 aliphatic carbocycles. The number of hydrogen-bond donors (Lipinski definition) is 1. The lowest BCUT2D eigenvalue weighted by Gasteiger charge is -2.20. The molecule has 1 saturated carbocycles. The number of hydrogen-bond acceptors (Lipinski definition) is 3. The molecule has 1 aromatic heterocycles. The highest BCUT2D eigenvalue weighted by Crippen LogP contribution is 2.27. The molecular formula is C17H20N2O2. The van der Waals surface area contributed by atoms with E-state index in [1.165, 1.54) is 0 Å². The molecule has 4 heteroatoms. The van der Waals surface area contributed by atoms with Gasteiger partial charge in [-0.05, 0) is 37.4 Å². The number of nitrogens with two attached hydrogens (primary N) is 1. The minimum Gasteiger partial charge on any atom is -0.330 e. The Hall–Kier alpha value is -1.94. The van der Waals surface area contributed by atoms with Gasteiger partial charge in [-0.3, -0.25) is 14.2 Å². The van der Waals surface area contributed by atoms with Gasteiger partial charge in [0.25, 0.3) is 0 Å². The van der Waals surface area contributed by atoms with Crippen LogP contribution in [0.1, 0.15) is 36.0 Å². The first-order valence-corrected chi connectivity index (χ1v) is 7.55. The average Bonchev–Trinajstić information content (AvgIpc) is 2.87. The Bertz CT molecular complexity index is 677. The van der Waals surface area contributed by atoms with E-state index >= 15 is 0 Å². The van der Waals surface area contributed by atoms with E-state index in [-0.39, 0.29) is 17.6 Å². The van der Waals surface area contributed by atoms with Crippen LogP contribution < -0.4 is 5.73 Å². The first kappa shape index (κ1) is 14.0. The molecule has 0 radical (unpaired) electrons. The summed E-state index contributed by atoms with van der Waals surface area (Å²) in [5.74, 6) is 0.353. The second kappa shape index (κ2) is 5.82. The number of nitrogens with zero attached hydrogens (tertiary/aromatic N) is 1. The van der Waals surface area contributed by atoms with Gasteiger partial charge >= 0.3 is 0 Å². The number of aromatic nitrogens is 1. The molecule has 0 bridgehead atoms. The van der Waals surface area contributed by atoms with Gasteiger partial charge in [0.05, 0.1) is 5.52 Å². The number of carbonyl (C=O) groups excluding carboxylic acids is 2. The van der Waals surface area contributed by atoms with E-state index in [2.05, 4.69) is 0 Å². The number of rotatable bonds is 3. The second-order valence-electron chi connectivity index (χ2n) is 5.73. The summed E-state index contributed by atoms with van der Waals surface area (Å²) in [6, 6.07) is 7.94. The first-order valence-electron chi connectivity index (χ1n) is 7.55. The van der Waals surface area contributed by atoms with Gasteiger partial charge in [0, 0.05) is 30.3 Å². The molecule has 2 N–H and O–H groups in total. The van der Waals surface area contributed by atoms with E-state index in [4.69, 9.17) is 5.73 Å². The van der Waals surface area contributed by atoms with E-state index in [0.29, 0.717) is 32.2 Å². The lowest BCUT2D eigenvalue weighted by Crippen LogP contribution is -2.26. The number of fused-ring (bicyclic) bond motifs is 1. The molecule has 1 heterocycles. The lowest BCUT2D eigenvalue weighted by atomic mass is 9.88. The van der Waals surface area contributed by atoms with Crippen LogP contribution in [0.5, 0.6) is 0 Å². The standard InChI is InChI=1S/C17H20N2O2/c18-10-9-13-11-19(16-4-2-1-3-15(13)16)17(21)12-5-7-14(20)8-6-12/h1-4,11-12H,5-10,18H2. The third-order valence-electron chi connectivity index (χ3n) is 4.34. The molecule has 110 valence electrons. The van der Waals surface area contributed by atoms with Crippen LogP contribution in [0.15, 0.2) is 30.5 Å². The topological polar surface area (TPSA) is 65.1 Å². The molecule has 1 fully saturated rings. The number of benzene rings is 1. The van der Waals surface area contributed by atoms with Gasteiger partial charge in [-0.2, -0.15) is 0 Å². The Kier molecular flexibility index (Phi) is 3.88. The maximum absolute atomic E-state index is 12.8. The molecule has 1 aliphatic rings. The predicted octanol–water partition coefficient (Wildman–Crippen LogP) is 2.54. The van der Waals surface area contributed by atoms with Crippen molar-refractivity contribution >= 4 is 22.6 Å². The molecule has 0 aliphatic heterocycles. The molecule has 2 aromatic rings. The average molecular weight is 284 g/mol. The Morgan fingerprint density at radius 1 is 1.24 bits per heavy atom. The third kappa shape index (κ3) is 2.63. The Morgan fingerprint density at radius 2 is 1.95 bits per heavy atom. The molecule has 0 saturated heterocycles. The van der Waals surface area contributed by atoms with E-state index in [1.807, 2.05) is 30.5 Å². The van der Waals surface area contributed by atoms with Crippen molar-refractivity contribution in [2.45, 2.75) is 32.1 Å². The minimum absolute atomic E-state index is 0.0377. The van der Waals surface area contributed by atoms with Gasteiger partial charge in [-0.15, -0.1) is 0 Å². The highest BCUT2D eigenvalue weighted by molar-refractivity contribution is 5.96. The summed E-state index contributed by atoms with van der Waals surface area (Å²) in [6.07, 6.45) is 5.11. The van der Waals surface area contributed by atoms with Crippen molar-refractivity contribution in [3.05, 3.63) is 36.0 Å². The highest BCUT2D eigenvalue weighted by atomic mass is 16.2. The van der Waals surface area contributed by atoms with Crippen molar-refractivity contribution in [1.29, 1.82) is 0 Å². The monoisotopic (exact) mass is 284 g/mol. The van der Waals surface area contributed by atoms with Gasteiger partial charge in [0.2, 0.25) is 5.91 Å². The molecule has 3 rings (SSSR count). The van der Waals surface area contributed by atoms with Crippen molar-refractivity contribution in [1.82, 2.24) is 4.57 Å². The van der Waals surface area contributed by atoms with Gasteiger partial charge in [0.15, 0.2) is 0 Å². The van der Waals surface area contributed by atoms with Crippen molar-refractivity contribution in [2.24, 2.45) is 11.7 Å². The largest absolute Gasteiger partial charge is 0.330 e. The molecule has 0 atom stereocenters. The third-order valence-corrected chi connectivity index (χ3v) is 4.34. The van der Waals surface area contributed by atoms with E-state index in [9.17, 15) is 9.59 Å². The normalized spacial score (nSPS) is 16.5. The second-order valence-corrected chi connectivity index (χ2v) is 5.73. The number of Topliss-reactive ketones (excluding diaryl/α,β-unsaturated/α-hetero) is 1.